The van der Waals surface area contributed by atoms with Crippen LogP contribution in [0.5, 0.6) is 0 Å². The summed E-state index contributed by atoms with van der Waals surface area (Å²) in [7, 11) is 0. The highest BCUT2D eigenvalue weighted by Gasteiger charge is 2.15. The number of aryl methyl sites for hydroxylation is 2. The Kier molecular flexibility index (Phi) is 5.31. The van der Waals surface area contributed by atoms with Crippen LogP contribution in [0.25, 0.3) is 0 Å². The van der Waals surface area contributed by atoms with Crippen LogP contribution in [0.15, 0.2) is 23.6 Å². The molecule has 21 heavy (non-hydrogen) atoms. The van der Waals surface area contributed by atoms with E-state index in [0.29, 0.717) is 0 Å². The van der Waals surface area contributed by atoms with Crippen LogP contribution in [0.1, 0.15) is 50.8 Å². The number of thiophene rings is 2. The van der Waals surface area contributed by atoms with Gasteiger partial charge in [0.2, 0.25) is 5.91 Å². The Morgan fingerprint density at radius 1 is 1.29 bits per heavy atom. The van der Waals surface area contributed by atoms with Crippen molar-refractivity contribution in [3.8, 4) is 0 Å². The summed E-state index contributed by atoms with van der Waals surface area (Å²) in [6.07, 6.45) is 0.503. The molecule has 3 nitrogen and oxygen atoms in total. The molecule has 1 N–H and O–H groups in total. The lowest BCUT2D eigenvalue weighted by molar-refractivity contribution is -0.121. The maximum absolute atomic E-state index is 12.1. The first-order valence-corrected chi connectivity index (χ1v) is 8.60. The number of hydrogen-bond donors (Lipinski definition) is 1. The van der Waals surface area contributed by atoms with Gasteiger partial charge in [-0.05, 0) is 38.3 Å². The van der Waals surface area contributed by atoms with Gasteiger partial charge in [-0.15, -0.1) is 22.7 Å². The molecule has 112 valence electrons. The third-order valence-corrected chi connectivity index (χ3v) is 5.29. The Morgan fingerprint density at radius 3 is 2.62 bits per heavy atom. The van der Waals surface area contributed by atoms with Crippen LogP contribution in [0.4, 0.5) is 0 Å². The van der Waals surface area contributed by atoms with Gasteiger partial charge in [-0.2, -0.15) is 0 Å². The number of carbonyl (C=O) groups excluding carboxylic acids is 2. The van der Waals surface area contributed by atoms with E-state index in [9.17, 15) is 9.59 Å². The van der Waals surface area contributed by atoms with Gasteiger partial charge in [0.1, 0.15) is 0 Å². The molecule has 2 aromatic rings. The van der Waals surface area contributed by atoms with Gasteiger partial charge in [0.25, 0.3) is 0 Å². The van der Waals surface area contributed by atoms with Crippen LogP contribution in [0, 0.1) is 13.8 Å². The summed E-state index contributed by atoms with van der Waals surface area (Å²) in [5.41, 5.74) is 0.761. The van der Waals surface area contributed by atoms with Gasteiger partial charge in [0.15, 0.2) is 5.78 Å². The Labute approximate surface area is 133 Å². The normalized spacial score (nSPS) is 12.1. The third-order valence-electron chi connectivity index (χ3n) is 3.27. The predicted octanol–water partition coefficient (Wildman–Crippen LogP) is 4.27. The van der Waals surface area contributed by atoms with Gasteiger partial charge in [-0.1, -0.05) is 6.07 Å². The van der Waals surface area contributed by atoms with E-state index in [-0.39, 0.29) is 30.6 Å². The van der Waals surface area contributed by atoms with Gasteiger partial charge in [0.05, 0.1) is 6.04 Å². The molecular formula is C16H19NO2S2. The molecule has 0 aliphatic carbocycles. The average Bonchev–Trinajstić information content (AvgIpc) is 3.05. The van der Waals surface area contributed by atoms with E-state index in [2.05, 4.69) is 5.32 Å². The zero-order valence-electron chi connectivity index (χ0n) is 12.4. The Bertz CT molecular complexity index is 629. The molecular weight excluding hydrogens is 302 g/mol. The van der Waals surface area contributed by atoms with Gasteiger partial charge in [-0.25, -0.2) is 0 Å². The number of carbonyl (C=O) groups is 2. The molecule has 0 saturated carbocycles. The molecule has 2 aromatic heterocycles. The molecule has 2 heterocycles. The number of Topliss-reactive ketones (excluding diaryl/α,β-unsaturated/α-hetero) is 1. The molecule has 0 radical (unpaired) electrons. The van der Waals surface area contributed by atoms with Gasteiger partial charge in [0, 0.05) is 33.0 Å². The van der Waals surface area contributed by atoms with Crippen molar-refractivity contribution in [2.45, 2.75) is 39.7 Å². The van der Waals surface area contributed by atoms with Crippen LogP contribution in [0.3, 0.4) is 0 Å². The SMILES string of the molecule is Cc1cc(C(=O)CCC(=O)N[C@@H](C)c2cccs2)c(C)s1. The monoisotopic (exact) mass is 321 g/mol. The maximum atomic E-state index is 12.1. The van der Waals surface area contributed by atoms with Crippen molar-refractivity contribution in [1.29, 1.82) is 0 Å². The van der Waals surface area contributed by atoms with E-state index in [1.807, 2.05) is 44.4 Å². The van der Waals surface area contributed by atoms with E-state index in [4.69, 9.17) is 0 Å². The summed E-state index contributed by atoms with van der Waals surface area (Å²) in [4.78, 5) is 27.3. The van der Waals surface area contributed by atoms with E-state index in [1.165, 1.54) is 0 Å². The van der Waals surface area contributed by atoms with E-state index in [1.54, 1.807) is 22.7 Å². The summed E-state index contributed by atoms with van der Waals surface area (Å²) in [6, 6.07) is 5.87. The molecule has 0 aliphatic heterocycles. The summed E-state index contributed by atoms with van der Waals surface area (Å²) in [6.45, 7) is 5.89. The van der Waals surface area contributed by atoms with Crippen LogP contribution in [0.2, 0.25) is 0 Å². The molecule has 0 spiro atoms. The summed E-state index contributed by atoms with van der Waals surface area (Å²) in [5, 5.41) is 4.92. The molecule has 0 bridgehead atoms. The van der Waals surface area contributed by atoms with Crippen molar-refractivity contribution in [3.63, 3.8) is 0 Å². The van der Waals surface area contributed by atoms with Crippen LogP contribution < -0.4 is 5.32 Å². The third kappa shape index (κ3) is 4.25. The lowest BCUT2D eigenvalue weighted by Gasteiger charge is -2.11. The summed E-state index contributed by atoms with van der Waals surface area (Å²) >= 11 is 3.24. The molecule has 0 saturated heterocycles. The molecule has 5 heteroatoms. The van der Waals surface area contributed by atoms with Gasteiger partial charge < -0.3 is 5.32 Å². The fourth-order valence-corrected chi connectivity index (χ4v) is 3.87. The van der Waals surface area contributed by atoms with Crippen LogP contribution in [-0.4, -0.2) is 11.7 Å². The van der Waals surface area contributed by atoms with Crippen LogP contribution in [-0.2, 0) is 4.79 Å². The molecule has 0 unspecified atom stereocenters. The van der Waals surface area contributed by atoms with E-state index in [0.717, 1.165) is 20.2 Å². The lowest BCUT2D eigenvalue weighted by Crippen LogP contribution is -2.26. The topological polar surface area (TPSA) is 46.2 Å². The van der Waals surface area contributed by atoms with E-state index >= 15 is 0 Å². The standard InChI is InChI=1S/C16H19NO2S2/c1-10-9-13(12(3)21-10)14(18)6-7-16(19)17-11(2)15-5-4-8-20-15/h4-5,8-9,11H,6-7H2,1-3H3,(H,17,19)/t11-/m0/s1. The Hall–Kier alpha value is -1.46. The lowest BCUT2D eigenvalue weighted by atomic mass is 10.1. The highest BCUT2D eigenvalue weighted by molar-refractivity contribution is 7.12. The summed E-state index contributed by atoms with van der Waals surface area (Å²) < 4.78 is 0. The van der Waals surface area contributed by atoms with Crippen molar-refractivity contribution in [1.82, 2.24) is 5.32 Å². The smallest absolute Gasteiger partial charge is 0.220 e. The molecule has 0 aliphatic rings. The van der Waals surface area contributed by atoms with Crippen LogP contribution >= 0.6 is 22.7 Å². The number of rotatable bonds is 6. The average molecular weight is 321 g/mol. The first-order valence-electron chi connectivity index (χ1n) is 6.90. The van der Waals surface area contributed by atoms with Crippen molar-refractivity contribution in [2.24, 2.45) is 0 Å². The predicted molar refractivity (Wildman–Crippen MR) is 88.2 cm³/mol. The zero-order valence-corrected chi connectivity index (χ0v) is 14.1. The zero-order chi connectivity index (χ0) is 15.4. The second kappa shape index (κ2) is 7.00. The maximum Gasteiger partial charge on any atom is 0.220 e. The first-order chi connectivity index (χ1) is 9.97. The highest BCUT2D eigenvalue weighted by atomic mass is 32.1. The number of nitrogens with one attached hydrogen (secondary N) is 1. The van der Waals surface area contributed by atoms with Crippen molar-refractivity contribution in [3.05, 3.63) is 43.8 Å². The number of amides is 1. The fraction of sp³-hybridized carbons (Fsp3) is 0.375. The fourth-order valence-electron chi connectivity index (χ4n) is 2.19. The second-order valence-corrected chi connectivity index (χ2v) is 7.49. The molecule has 1 atom stereocenters. The quantitative estimate of drug-likeness (QED) is 0.808. The Morgan fingerprint density at radius 2 is 2.05 bits per heavy atom. The Balaban J connectivity index is 1.84. The molecule has 1 amide bonds. The highest BCUT2D eigenvalue weighted by Crippen LogP contribution is 2.22. The summed E-state index contributed by atoms with van der Waals surface area (Å²) in [5.74, 6) is -0.0235. The number of ketones is 1. The molecule has 0 fully saturated rings. The minimum Gasteiger partial charge on any atom is -0.349 e. The van der Waals surface area contributed by atoms with Crippen molar-refractivity contribution in [2.75, 3.05) is 0 Å². The minimum atomic E-state index is -0.0751. The molecule has 0 aromatic carbocycles. The molecule has 2 rings (SSSR count). The van der Waals surface area contributed by atoms with E-state index < -0.39 is 0 Å². The minimum absolute atomic E-state index is 0.00210. The van der Waals surface area contributed by atoms with Crippen molar-refractivity contribution < 1.29 is 9.59 Å². The van der Waals surface area contributed by atoms with Gasteiger partial charge >= 0.3 is 0 Å². The number of hydrogen-bond acceptors (Lipinski definition) is 4. The van der Waals surface area contributed by atoms with Gasteiger partial charge in [-0.3, -0.25) is 9.59 Å². The second-order valence-electron chi connectivity index (χ2n) is 5.05. The first kappa shape index (κ1) is 15.9. The van der Waals surface area contributed by atoms with Crippen molar-refractivity contribution >= 4 is 34.4 Å². The largest absolute Gasteiger partial charge is 0.349 e.